The molecule has 0 aliphatic carbocycles. The number of carbonyl (C=O) groups is 3. The minimum Gasteiger partial charge on any atom is -0.463 e. The molecule has 1 heterocycles. The van der Waals surface area contributed by atoms with Gasteiger partial charge in [-0.3, -0.25) is 14.4 Å². The Morgan fingerprint density at radius 3 is 2.11 bits per heavy atom. The first kappa shape index (κ1) is 15.7. The SMILES string of the molecule is CC(=O)OC[C@H]1OC(OC(C)=O)[C@H](Cl)[C@@H]1OC(C)=O. The van der Waals surface area contributed by atoms with Crippen molar-refractivity contribution in [2.45, 2.75) is 44.6 Å². The standard InChI is InChI=1S/C11H15ClO7/c1-5(13)16-4-8-10(17-6(2)14)9(12)11(19-8)18-7(3)15/h8-11H,4H2,1-3H3/t8-,9-,10-,11?/m1/s1. The predicted molar refractivity (Wildman–Crippen MR) is 62.3 cm³/mol. The Bertz CT molecular complexity index is 370. The van der Waals surface area contributed by atoms with E-state index in [-0.39, 0.29) is 6.61 Å². The average Bonchev–Trinajstić information content (AvgIpc) is 2.53. The maximum absolute atomic E-state index is 11.0. The smallest absolute Gasteiger partial charge is 0.304 e. The van der Waals surface area contributed by atoms with E-state index in [0.29, 0.717) is 0 Å². The van der Waals surface area contributed by atoms with Crippen LogP contribution in [-0.2, 0) is 33.3 Å². The van der Waals surface area contributed by atoms with E-state index in [2.05, 4.69) is 0 Å². The molecule has 0 aromatic heterocycles. The number of alkyl halides is 1. The maximum atomic E-state index is 11.0. The lowest BCUT2D eigenvalue weighted by Gasteiger charge is -2.18. The van der Waals surface area contributed by atoms with E-state index in [9.17, 15) is 14.4 Å². The Morgan fingerprint density at radius 1 is 1.05 bits per heavy atom. The van der Waals surface area contributed by atoms with Gasteiger partial charge in [-0.25, -0.2) is 0 Å². The highest BCUT2D eigenvalue weighted by Gasteiger charge is 2.48. The zero-order chi connectivity index (χ0) is 14.6. The zero-order valence-electron chi connectivity index (χ0n) is 10.8. The molecule has 4 atom stereocenters. The number of ether oxygens (including phenoxy) is 4. The molecule has 8 heteroatoms. The summed E-state index contributed by atoms with van der Waals surface area (Å²) in [5.74, 6) is -1.65. The van der Waals surface area contributed by atoms with E-state index in [1.807, 2.05) is 0 Å². The predicted octanol–water partition coefficient (Wildman–Crippen LogP) is 0.377. The highest BCUT2D eigenvalue weighted by Crippen LogP contribution is 2.29. The lowest BCUT2D eigenvalue weighted by atomic mass is 10.2. The van der Waals surface area contributed by atoms with Gasteiger partial charge in [0.15, 0.2) is 6.10 Å². The molecule has 19 heavy (non-hydrogen) atoms. The molecule has 0 saturated carbocycles. The molecule has 1 aliphatic rings. The van der Waals surface area contributed by atoms with Gasteiger partial charge in [0.1, 0.15) is 18.1 Å². The van der Waals surface area contributed by atoms with Crippen molar-refractivity contribution < 1.29 is 33.3 Å². The van der Waals surface area contributed by atoms with Gasteiger partial charge in [-0.2, -0.15) is 0 Å². The van der Waals surface area contributed by atoms with Crippen molar-refractivity contribution >= 4 is 29.5 Å². The number of halogens is 1. The van der Waals surface area contributed by atoms with Gasteiger partial charge in [-0.05, 0) is 0 Å². The monoisotopic (exact) mass is 294 g/mol. The summed E-state index contributed by atoms with van der Waals surface area (Å²) in [6.07, 6.45) is -2.69. The van der Waals surface area contributed by atoms with E-state index in [0.717, 1.165) is 0 Å². The third kappa shape index (κ3) is 4.68. The van der Waals surface area contributed by atoms with Crippen LogP contribution >= 0.6 is 11.6 Å². The Labute approximate surface area is 115 Å². The van der Waals surface area contributed by atoms with E-state index in [1.54, 1.807) is 0 Å². The minimum absolute atomic E-state index is 0.145. The summed E-state index contributed by atoms with van der Waals surface area (Å²) in [4.78, 5) is 32.7. The van der Waals surface area contributed by atoms with Crippen LogP contribution in [0.3, 0.4) is 0 Å². The third-order valence-corrected chi connectivity index (χ3v) is 2.74. The quantitative estimate of drug-likeness (QED) is 0.420. The van der Waals surface area contributed by atoms with Crippen LogP contribution in [0.1, 0.15) is 20.8 Å². The lowest BCUT2D eigenvalue weighted by Crippen LogP contribution is -2.36. The van der Waals surface area contributed by atoms with Crippen molar-refractivity contribution in [1.82, 2.24) is 0 Å². The van der Waals surface area contributed by atoms with Gasteiger partial charge in [0.05, 0.1) is 0 Å². The Balaban J connectivity index is 2.71. The number of esters is 3. The minimum atomic E-state index is -1.05. The summed E-state index contributed by atoms with van der Waals surface area (Å²) in [5.41, 5.74) is 0. The number of rotatable bonds is 4. The molecule has 0 spiro atoms. The summed E-state index contributed by atoms with van der Waals surface area (Å²) >= 11 is 6.02. The second kappa shape index (κ2) is 6.72. The van der Waals surface area contributed by atoms with Gasteiger partial charge in [0, 0.05) is 20.8 Å². The van der Waals surface area contributed by atoms with Gasteiger partial charge in [-0.1, -0.05) is 0 Å². The fourth-order valence-electron chi connectivity index (χ4n) is 1.61. The van der Waals surface area contributed by atoms with Crippen LogP contribution in [0.5, 0.6) is 0 Å². The molecule has 108 valence electrons. The first-order valence-electron chi connectivity index (χ1n) is 5.58. The fraction of sp³-hybridized carbons (Fsp3) is 0.727. The van der Waals surface area contributed by atoms with Gasteiger partial charge in [0.25, 0.3) is 0 Å². The molecule has 0 amide bonds. The first-order chi connectivity index (χ1) is 8.81. The molecule has 0 N–H and O–H groups in total. The highest BCUT2D eigenvalue weighted by atomic mass is 35.5. The normalized spacial score (nSPS) is 29.7. The molecule has 1 aliphatic heterocycles. The van der Waals surface area contributed by atoms with E-state index >= 15 is 0 Å². The van der Waals surface area contributed by atoms with Crippen LogP contribution < -0.4 is 0 Å². The van der Waals surface area contributed by atoms with Gasteiger partial charge < -0.3 is 18.9 Å². The summed E-state index contributed by atoms with van der Waals surface area (Å²) in [6.45, 7) is 3.50. The van der Waals surface area contributed by atoms with Crippen LogP contribution in [0, 0.1) is 0 Å². The fourth-order valence-corrected chi connectivity index (χ4v) is 1.93. The summed E-state index contributed by atoms with van der Waals surface area (Å²) < 4.78 is 20.0. The molecular formula is C11H15ClO7. The Hall–Kier alpha value is -1.34. The van der Waals surface area contributed by atoms with Crippen LogP contribution in [0.2, 0.25) is 0 Å². The van der Waals surface area contributed by atoms with Crippen molar-refractivity contribution in [1.29, 1.82) is 0 Å². The van der Waals surface area contributed by atoms with Gasteiger partial charge >= 0.3 is 17.9 Å². The van der Waals surface area contributed by atoms with Crippen molar-refractivity contribution in [2.24, 2.45) is 0 Å². The van der Waals surface area contributed by atoms with Crippen LogP contribution in [0.25, 0.3) is 0 Å². The van der Waals surface area contributed by atoms with E-state index in [1.165, 1.54) is 20.8 Å². The molecule has 0 aromatic rings. The number of carbonyl (C=O) groups excluding carboxylic acids is 3. The number of hydrogen-bond acceptors (Lipinski definition) is 7. The Kier molecular flexibility index (Phi) is 5.56. The van der Waals surface area contributed by atoms with E-state index in [4.69, 9.17) is 30.5 Å². The van der Waals surface area contributed by atoms with Crippen LogP contribution in [0.4, 0.5) is 0 Å². The van der Waals surface area contributed by atoms with Crippen molar-refractivity contribution in [3.8, 4) is 0 Å². The summed E-state index contributed by atoms with van der Waals surface area (Å²) in [5, 5.41) is -0.867. The molecule has 7 nitrogen and oxygen atoms in total. The van der Waals surface area contributed by atoms with Crippen molar-refractivity contribution in [3.05, 3.63) is 0 Å². The molecule has 0 radical (unpaired) electrons. The molecule has 1 unspecified atom stereocenters. The van der Waals surface area contributed by atoms with Gasteiger partial charge in [0.2, 0.25) is 6.29 Å². The second-order valence-corrected chi connectivity index (χ2v) is 4.48. The summed E-state index contributed by atoms with van der Waals surface area (Å²) in [6, 6.07) is 0. The topological polar surface area (TPSA) is 88.1 Å². The zero-order valence-corrected chi connectivity index (χ0v) is 11.5. The van der Waals surface area contributed by atoms with Crippen molar-refractivity contribution in [3.63, 3.8) is 0 Å². The summed E-state index contributed by atoms with van der Waals surface area (Å²) in [7, 11) is 0. The molecule has 1 saturated heterocycles. The largest absolute Gasteiger partial charge is 0.463 e. The molecule has 1 rings (SSSR count). The number of hydrogen-bond donors (Lipinski definition) is 0. The molecular weight excluding hydrogens is 280 g/mol. The van der Waals surface area contributed by atoms with Crippen molar-refractivity contribution in [2.75, 3.05) is 6.61 Å². The Morgan fingerprint density at radius 2 is 1.63 bits per heavy atom. The lowest BCUT2D eigenvalue weighted by molar-refractivity contribution is -0.179. The van der Waals surface area contributed by atoms with Gasteiger partial charge in [-0.15, -0.1) is 11.6 Å². The highest BCUT2D eigenvalue weighted by molar-refractivity contribution is 6.21. The maximum Gasteiger partial charge on any atom is 0.304 e. The average molecular weight is 295 g/mol. The third-order valence-electron chi connectivity index (χ3n) is 2.28. The molecule has 1 fully saturated rings. The first-order valence-corrected chi connectivity index (χ1v) is 6.02. The van der Waals surface area contributed by atoms with E-state index < -0.39 is 41.8 Å². The molecule has 0 aromatic carbocycles. The van der Waals surface area contributed by atoms with Crippen LogP contribution in [-0.4, -0.2) is 48.4 Å². The molecule has 0 bridgehead atoms. The van der Waals surface area contributed by atoms with Crippen LogP contribution in [0.15, 0.2) is 0 Å². The second-order valence-electron chi connectivity index (χ2n) is 3.97.